The lowest BCUT2D eigenvalue weighted by molar-refractivity contribution is -0.141. The maximum absolute atomic E-state index is 13.3. The highest BCUT2D eigenvalue weighted by Crippen LogP contribution is 2.39. The first-order valence-electron chi connectivity index (χ1n) is 10.3. The topological polar surface area (TPSA) is 71.2 Å². The van der Waals surface area contributed by atoms with Crippen molar-refractivity contribution in [3.63, 3.8) is 0 Å². The van der Waals surface area contributed by atoms with Crippen molar-refractivity contribution in [3.05, 3.63) is 17.8 Å². The third-order valence-corrected chi connectivity index (χ3v) is 5.40. The largest absolute Gasteiger partial charge is 0.433 e. The summed E-state index contributed by atoms with van der Waals surface area (Å²) in [6, 6.07) is 2.21. The summed E-state index contributed by atoms with van der Waals surface area (Å²) in [6.45, 7) is 7.75. The Morgan fingerprint density at radius 3 is 2.43 bits per heavy atom. The fourth-order valence-electron chi connectivity index (χ4n) is 3.51. The molecule has 1 saturated carbocycles. The highest BCUT2D eigenvalue weighted by atomic mass is 19.4. The second kappa shape index (κ2) is 8.17. The smallest absolute Gasteiger partial charge is 0.396 e. The van der Waals surface area contributed by atoms with Gasteiger partial charge in [-0.3, -0.25) is 14.3 Å². The lowest BCUT2D eigenvalue weighted by Crippen LogP contribution is -2.40. The Bertz CT molecular complexity index is 917. The van der Waals surface area contributed by atoms with Crippen molar-refractivity contribution in [1.82, 2.24) is 14.5 Å². The van der Waals surface area contributed by atoms with E-state index >= 15 is 0 Å². The molecule has 1 amide bonds. The molecule has 0 spiro atoms. The number of carbonyl (C=O) groups is 1. The van der Waals surface area contributed by atoms with Crippen molar-refractivity contribution in [2.24, 2.45) is 11.3 Å². The standard InChI is InChI=1S/C21H29F3N4O2/c1-13(2)11-27(17(30)10-20(3,4)12-29)19-25-15-8-9-16(21(22,23)24)26-18(15)28(19)14-6-5-7-14/h8-9,13-14,29H,5-7,10-12H2,1-4H3. The summed E-state index contributed by atoms with van der Waals surface area (Å²) in [5, 5.41) is 9.58. The third-order valence-electron chi connectivity index (χ3n) is 5.40. The molecule has 30 heavy (non-hydrogen) atoms. The Balaban J connectivity index is 2.13. The third kappa shape index (κ3) is 4.61. The summed E-state index contributed by atoms with van der Waals surface area (Å²) < 4.78 is 41.5. The number of aromatic nitrogens is 3. The summed E-state index contributed by atoms with van der Waals surface area (Å²) in [7, 11) is 0. The van der Waals surface area contributed by atoms with E-state index in [1.165, 1.54) is 6.07 Å². The summed E-state index contributed by atoms with van der Waals surface area (Å²) in [5.74, 6) is 0.253. The fourth-order valence-corrected chi connectivity index (χ4v) is 3.51. The van der Waals surface area contributed by atoms with E-state index < -0.39 is 17.3 Å². The van der Waals surface area contributed by atoms with Crippen LogP contribution in [0, 0.1) is 11.3 Å². The van der Waals surface area contributed by atoms with Gasteiger partial charge in [0.05, 0.1) is 0 Å². The van der Waals surface area contributed by atoms with Crippen LogP contribution in [0.4, 0.5) is 19.1 Å². The fraction of sp³-hybridized carbons (Fsp3) is 0.667. The first kappa shape index (κ1) is 22.5. The van der Waals surface area contributed by atoms with Gasteiger partial charge in [0.1, 0.15) is 11.2 Å². The van der Waals surface area contributed by atoms with E-state index in [0.29, 0.717) is 18.0 Å². The second-order valence-corrected chi connectivity index (χ2v) is 9.30. The summed E-state index contributed by atoms with van der Waals surface area (Å²) in [4.78, 5) is 23.2. The number of halogens is 3. The maximum atomic E-state index is 13.3. The van der Waals surface area contributed by atoms with E-state index in [1.54, 1.807) is 23.3 Å². The van der Waals surface area contributed by atoms with Crippen LogP contribution in [0.5, 0.6) is 0 Å². The molecule has 166 valence electrons. The maximum Gasteiger partial charge on any atom is 0.433 e. The molecular weight excluding hydrogens is 397 g/mol. The number of fused-ring (bicyclic) bond motifs is 1. The zero-order valence-electron chi connectivity index (χ0n) is 17.8. The van der Waals surface area contributed by atoms with Crippen molar-refractivity contribution in [3.8, 4) is 0 Å². The molecule has 3 rings (SSSR count). The predicted molar refractivity (Wildman–Crippen MR) is 108 cm³/mol. The minimum Gasteiger partial charge on any atom is -0.396 e. The molecule has 2 aromatic rings. The molecule has 0 saturated heterocycles. The van der Waals surface area contributed by atoms with E-state index in [1.807, 2.05) is 13.8 Å². The lowest BCUT2D eigenvalue weighted by Gasteiger charge is -2.33. The van der Waals surface area contributed by atoms with Crippen molar-refractivity contribution < 1.29 is 23.1 Å². The van der Waals surface area contributed by atoms with Gasteiger partial charge in [-0.15, -0.1) is 0 Å². The molecule has 6 nitrogen and oxygen atoms in total. The Morgan fingerprint density at radius 1 is 1.27 bits per heavy atom. The Hall–Kier alpha value is -2.16. The van der Waals surface area contributed by atoms with Crippen LogP contribution in [0.2, 0.25) is 0 Å². The van der Waals surface area contributed by atoms with Gasteiger partial charge in [-0.25, -0.2) is 9.97 Å². The van der Waals surface area contributed by atoms with Crippen LogP contribution < -0.4 is 4.90 Å². The minimum atomic E-state index is -4.55. The van der Waals surface area contributed by atoms with Gasteiger partial charge in [-0.2, -0.15) is 13.2 Å². The van der Waals surface area contributed by atoms with Crippen LogP contribution in [0.3, 0.4) is 0 Å². The molecule has 0 atom stereocenters. The highest BCUT2D eigenvalue weighted by Gasteiger charge is 2.36. The number of anilines is 1. The van der Waals surface area contributed by atoms with Gasteiger partial charge in [0.15, 0.2) is 5.65 Å². The molecule has 1 aliphatic rings. The van der Waals surface area contributed by atoms with Crippen LogP contribution >= 0.6 is 0 Å². The monoisotopic (exact) mass is 426 g/mol. The first-order valence-corrected chi connectivity index (χ1v) is 10.3. The molecular formula is C21H29F3N4O2. The number of amides is 1. The van der Waals surface area contributed by atoms with Crippen molar-refractivity contribution >= 4 is 23.0 Å². The summed E-state index contributed by atoms with van der Waals surface area (Å²) in [5.41, 5.74) is -1.08. The first-order chi connectivity index (χ1) is 13.9. The molecule has 0 aliphatic heterocycles. The van der Waals surface area contributed by atoms with Crippen molar-refractivity contribution in [2.45, 2.75) is 65.6 Å². The number of rotatable bonds is 7. The van der Waals surface area contributed by atoms with Crippen LogP contribution in [0.25, 0.3) is 11.2 Å². The van der Waals surface area contributed by atoms with E-state index in [0.717, 1.165) is 25.3 Å². The molecule has 2 aromatic heterocycles. The number of imidazole rings is 1. The van der Waals surface area contributed by atoms with Crippen LogP contribution in [-0.2, 0) is 11.0 Å². The van der Waals surface area contributed by atoms with Gasteiger partial charge in [-0.05, 0) is 42.7 Å². The molecule has 2 heterocycles. The number of carbonyl (C=O) groups excluding carboxylic acids is 1. The highest BCUT2D eigenvalue weighted by molar-refractivity contribution is 5.94. The normalized spacial score (nSPS) is 15.6. The van der Waals surface area contributed by atoms with E-state index in [-0.39, 0.29) is 36.5 Å². The molecule has 1 fully saturated rings. The number of aliphatic hydroxyl groups is 1. The van der Waals surface area contributed by atoms with Gasteiger partial charge in [-0.1, -0.05) is 27.7 Å². The molecule has 1 N–H and O–H groups in total. The quantitative estimate of drug-likeness (QED) is 0.704. The number of alkyl halides is 3. The average Bonchev–Trinajstić information content (AvgIpc) is 2.95. The summed E-state index contributed by atoms with van der Waals surface area (Å²) >= 11 is 0. The molecule has 0 aromatic carbocycles. The summed E-state index contributed by atoms with van der Waals surface area (Å²) in [6.07, 6.45) is -1.87. The van der Waals surface area contributed by atoms with Gasteiger partial charge in [0, 0.05) is 25.6 Å². The van der Waals surface area contributed by atoms with E-state index in [4.69, 9.17) is 0 Å². The Labute approximate surface area is 174 Å². The molecule has 9 heteroatoms. The zero-order valence-corrected chi connectivity index (χ0v) is 17.8. The molecule has 1 aliphatic carbocycles. The second-order valence-electron chi connectivity index (χ2n) is 9.30. The van der Waals surface area contributed by atoms with Crippen molar-refractivity contribution in [1.29, 1.82) is 0 Å². The van der Waals surface area contributed by atoms with Gasteiger partial charge in [0.2, 0.25) is 11.9 Å². The number of hydrogen-bond donors (Lipinski definition) is 1. The molecule has 0 bridgehead atoms. The van der Waals surface area contributed by atoms with Gasteiger partial charge >= 0.3 is 6.18 Å². The van der Waals surface area contributed by atoms with E-state index in [9.17, 15) is 23.1 Å². The Morgan fingerprint density at radius 2 is 1.93 bits per heavy atom. The lowest BCUT2D eigenvalue weighted by atomic mass is 9.90. The molecule has 0 radical (unpaired) electrons. The van der Waals surface area contributed by atoms with E-state index in [2.05, 4.69) is 9.97 Å². The van der Waals surface area contributed by atoms with Gasteiger partial charge < -0.3 is 5.11 Å². The Kier molecular flexibility index (Phi) is 6.13. The number of aliphatic hydroxyl groups excluding tert-OH is 1. The van der Waals surface area contributed by atoms with Crippen LogP contribution in [0.1, 0.15) is 65.1 Å². The zero-order chi connectivity index (χ0) is 22.3. The van der Waals surface area contributed by atoms with Crippen LogP contribution in [-0.4, -0.2) is 38.7 Å². The number of nitrogens with zero attached hydrogens (tertiary/aromatic N) is 4. The van der Waals surface area contributed by atoms with Crippen molar-refractivity contribution in [2.75, 3.05) is 18.1 Å². The number of pyridine rings is 1. The SMILES string of the molecule is CC(C)CN(C(=O)CC(C)(C)CO)c1nc2ccc(C(F)(F)F)nc2n1C1CCC1. The number of hydrogen-bond acceptors (Lipinski definition) is 4. The van der Waals surface area contributed by atoms with Gasteiger partial charge in [0.25, 0.3) is 0 Å². The van der Waals surface area contributed by atoms with Crippen LogP contribution in [0.15, 0.2) is 12.1 Å². The molecule has 0 unspecified atom stereocenters. The average molecular weight is 426 g/mol. The minimum absolute atomic E-state index is 0.0331. The predicted octanol–water partition coefficient (Wildman–Crippen LogP) is 4.57.